The Bertz CT molecular complexity index is 1230. The number of rotatable bonds is 6. The number of carbonyl (C=O) groups excluding carboxylic acids is 1. The maximum absolute atomic E-state index is 13.6. The van der Waals surface area contributed by atoms with Gasteiger partial charge in [0.25, 0.3) is 5.24 Å². The summed E-state index contributed by atoms with van der Waals surface area (Å²) in [5.74, 6) is 0.366. The van der Waals surface area contributed by atoms with E-state index in [0.717, 1.165) is 62.4 Å². The van der Waals surface area contributed by atoms with E-state index in [-0.39, 0.29) is 16.0 Å². The Balaban J connectivity index is 1.40. The molecule has 3 aromatic rings. The number of hydrogen-bond acceptors (Lipinski definition) is 8. The lowest BCUT2D eigenvalue weighted by Gasteiger charge is -2.29. The normalized spacial score (nSPS) is 18.2. The van der Waals surface area contributed by atoms with Crippen molar-refractivity contribution in [2.75, 3.05) is 38.3 Å². The predicted molar refractivity (Wildman–Crippen MR) is 153 cm³/mol. The zero-order valence-corrected chi connectivity index (χ0v) is 23.7. The highest BCUT2D eigenvalue weighted by Crippen LogP contribution is 2.34. The van der Waals surface area contributed by atoms with Gasteiger partial charge in [-0.3, -0.25) is 4.79 Å². The summed E-state index contributed by atoms with van der Waals surface area (Å²) >= 11 is 1.28. The van der Waals surface area contributed by atoms with Crippen LogP contribution in [0.25, 0.3) is 11.0 Å². The molecule has 1 aromatic carbocycles. The minimum atomic E-state index is -0.249. The molecule has 4 heterocycles. The van der Waals surface area contributed by atoms with Crippen LogP contribution in [0.4, 0.5) is 16.4 Å². The van der Waals surface area contributed by atoms with Crippen LogP contribution in [0, 0.1) is 0 Å². The Morgan fingerprint density at radius 3 is 2.50 bits per heavy atom. The van der Waals surface area contributed by atoms with Crippen LogP contribution in [0.3, 0.4) is 0 Å². The number of piperidine rings is 1. The smallest absolute Gasteiger partial charge is 0.293 e. The third-order valence-electron chi connectivity index (χ3n) is 7.14. The molecular weight excluding hydrogens is 498 g/mol. The highest BCUT2D eigenvalue weighted by atomic mass is 32.2. The summed E-state index contributed by atoms with van der Waals surface area (Å²) in [6, 6.07) is 8.95. The fourth-order valence-corrected chi connectivity index (χ4v) is 5.78. The van der Waals surface area contributed by atoms with Gasteiger partial charge in [-0.25, -0.2) is 14.6 Å². The van der Waals surface area contributed by atoms with Crippen LogP contribution in [0.5, 0.6) is 0 Å². The molecule has 0 aliphatic carbocycles. The summed E-state index contributed by atoms with van der Waals surface area (Å²) in [5, 5.41) is 9.07. The number of anilines is 2. The second-order valence-electron chi connectivity index (χ2n) is 11.3. The molecular formula is C28H39N7O2S. The number of hydrogen-bond donors (Lipinski definition) is 1. The summed E-state index contributed by atoms with van der Waals surface area (Å²) in [5.41, 5.74) is 2.70. The third kappa shape index (κ3) is 6.54. The number of nitrogens with zero attached hydrogens (tertiary/aromatic N) is 6. The van der Waals surface area contributed by atoms with E-state index in [1.807, 2.05) is 37.6 Å². The van der Waals surface area contributed by atoms with Crippen LogP contribution in [-0.4, -0.2) is 74.0 Å². The van der Waals surface area contributed by atoms with Gasteiger partial charge in [0.15, 0.2) is 5.65 Å². The Kier molecular flexibility index (Phi) is 8.32. The molecule has 9 nitrogen and oxygen atoms in total. The second-order valence-corrected chi connectivity index (χ2v) is 13.1. The molecule has 2 saturated heterocycles. The summed E-state index contributed by atoms with van der Waals surface area (Å²) < 4.78 is 7.26. The zero-order chi connectivity index (χ0) is 26.7. The molecule has 1 amide bonds. The molecule has 0 spiro atoms. The van der Waals surface area contributed by atoms with Gasteiger partial charge in [0.2, 0.25) is 5.95 Å². The molecule has 2 aliphatic heterocycles. The van der Waals surface area contributed by atoms with Crippen molar-refractivity contribution < 1.29 is 9.53 Å². The van der Waals surface area contributed by atoms with Gasteiger partial charge in [0, 0.05) is 36.7 Å². The number of ether oxygens (including phenoxy) is 1. The fourth-order valence-electron chi connectivity index (χ4n) is 4.98. The summed E-state index contributed by atoms with van der Waals surface area (Å²) in [4.78, 5) is 27.1. The van der Waals surface area contributed by atoms with Crippen LogP contribution >= 0.6 is 11.8 Å². The van der Waals surface area contributed by atoms with E-state index in [0.29, 0.717) is 12.0 Å². The highest BCUT2D eigenvalue weighted by molar-refractivity contribution is 8.15. The summed E-state index contributed by atoms with van der Waals surface area (Å²) in [6.07, 6.45) is 7.70. The first-order valence-electron chi connectivity index (χ1n) is 13.6. The topological polar surface area (TPSA) is 88.4 Å². The first-order chi connectivity index (χ1) is 18.3. The first kappa shape index (κ1) is 27.1. The third-order valence-corrected chi connectivity index (χ3v) is 8.11. The number of fused-ring (bicyclic) bond motifs is 1. The van der Waals surface area contributed by atoms with Gasteiger partial charge in [-0.1, -0.05) is 44.7 Å². The number of aromatic nitrogens is 4. The molecule has 1 N–H and O–H groups in total. The summed E-state index contributed by atoms with van der Waals surface area (Å²) in [6.45, 7) is 10.6. The minimum Gasteiger partial charge on any atom is -0.381 e. The number of thioether (sulfide) groups is 1. The van der Waals surface area contributed by atoms with Crippen molar-refractivity contribution in [2.45, 2.75) is 69.8 Å². The lowest BCUT2D eigenvalue weighted by atomic mass is 10.1. The van der Waals surface area contributed by atoms with Gasteiger partial charge in [-0.05, 0) is 63.5 Å². The van der Waals surface area contributed by atoms with Gasteiger partial charge in [0.05, 0.1) is 23.3 Å². The summed E-state index contributed by atoms with van der Waals surface area (Å²) in [7, 11) is 2.18. The van der Waals surface area contributed by atoms with Gasteiger partial charge in [0.1, 0.15) is 0 Å². The van der Waals surface area contributed by atoms with Crippen LogP contribution in [0.1, 0.15) is 58.1 Å². The van der Waals surface area contributed by atoms with Crippen LogP contribution < -0.4 is 10.2 Å². The lowest BCUT2D eigenvalue weighted by molar-refractivity contribution is 0.0673. The SMILES string of the molecule is CN1CCC(NCc2ccc(N(C(=O)SC(C)(C)C)c3ncc4cnn(C5CCOCC5)c4n3)cc2)CC1. The van der Waals surface area contributed by atoms with Crippen molar-refractivity contribution in [3.63, 3.8) is 0 Å². The quantitative estimate of drug-likeness (QED) is 0.462. The molecule has 0 atom stereocenters. The second kappa shape index (κ2) is 11.7. The average molecular weight is 538 g/mol. The van der Waals surface area contributed by atoms with E-state index < -0.39 is 0 Å². The zero-order valence-electron chi connectivity index (χ0n) is 22.9. The molecule has 204 valence electrons. The predicted octanol–water partition coefficient (Wildman–Crippen LogP) is 5.15. The van der Waals surface area contributed by atoms with Crippen molar-refractivity contribution in [3.05, 3.63) is 42.2 Å². The number of carbonyl (C=O) groups is 1. The van der Waals surface area contributed by atoms with Gasteiger partial charge in [-0.15, -0.1) is 0 Å². The number of benzene rings is 1. The molecule has 0 unspecified atom stereocenters. The van der Waals surface area contributed by atoms with E-state index >= 15 is 0 Å². The Hall–Kier alpha value is -2.53. The maximum Gasteiger partial charge on any atom is 0.293 e. The van der Waals surface area contributed by atoms with Crippen molar-refractivity contribution in [1.82, 2.24) is 30.0 Å². The molecule has 0 bridgehead atoms. The first-order valence-corrected chi connectivity index (χ1v) is 14.4. The van der Waals surface area contributed by atoms with Crippen molar-refractivity contribution in [1.29, 1.82) is 0 Å². The molecule has 38 heavy (non-hydrogen) atoms. The van der Waals surface area contributed by atoms with E-state index in [1.54, 1.807) is 17.3 Å². The molecule has 2 aliphatic rings. The average Bonchev–Trinajstić information content (AvgIpc) is 3.32. The maximum atomic E-state index is 13.6. The number of amides is 1. The Morgan fingerprint density at radius 2 is 1.82 bits per heavy atom. The molecule has 0 saturated carbocycles. The monoisotopic (exact) mass is 537 g/mol. The molecule has 2 fully saturated rings. The highest BCUT2D eigenvalue weighted by Gasteiger charge is 2.28. The molecule has 5 rings (SSSR count). The minimum absolute atomic E-state index is 0.105. The molecule has 0 radical (unpaired) electrons. The van der Waals surface area contributed by atoms with E-state index in [2.05, 4.69) is 39.5 Å². The Morgan fingerprint density at radius 1 is 1.11 bits per heavy atom. The molecule has 10 heteroatoms. The van der Waals surface area contributed by atoms with Crippen LogP contribution in [0.15, 0.2) is 36.7 Å². The van der Waals surface area contributed by atoms with Gasteiger partial charge in [-0.2, -0.15) is 10.1 Å². The van der Waals surface area contributed by atoms with Crippen LogP contribution in [0.2, 0.25) is 0 Å². The standard InChI is InChI=1S/C28H39N7O2S/c1-28(2,3)38-27(36)34(23-7-5-20(6-8-23)17-29-22-9-13-33(4)14-10-22)26-30-18-21-19-31-35(25(21)32-26)24-11-15-37-16-12-24/h5-8,18-19,22,24,29H,9-17H2,1-4H3. The largest absolute Gasteiger partial charge is 0.381 e. The molecule has 2 aromatic heterocycles. The fraction of sp³-hybridized carbons (Fsp3) is 0.571. The van der Waals surface area contributed by atoms with Crippen molar-refractivity contribution >= 4 is 39.7 Å². The van der Waals surface area contributed by atoms with Crippen molar-refractivity contribution in [2.24, 2.45) is 0 Å². The number of nitrogens with one attached hydrogen (secondary N) is 1. The van der Waals surface area contributed by atoms with Gasteiger partial charge < -0.3 is 15.0 Å². The lowest BCUT2D eigenvalue weighted by Crippen LogP contribution is -2.40. The van der Waals surface area contributed by atoms with E-state index in [4.69, 9.17) is 9.72 Å². The van der Waals surface area contributed by atoms with Crippen LogP contribution in [-0.2, 0) is 11.3 Å². The number of likely N-dealkylation sites (tertiary alicyclic amines) is 1. The van der Waals surface area contributed by atoms with E-state index in [1.165, 1.54) is 30.2 Å². The van der Waals surface area contributed by atoms with Crippen molar-refractivity contribution in [3.8, 4) is 0 Å². The Labute approximate surface area is 229 Å². The van der Waals surface area contributed by atoms with E-state index in [9.17, 15) is 4.79 Å². The van der Waals surface area contributed by atoms with Gasteiger partial charge >= 0.3 is 0 Å².